The molecule has 1 aromatic rings. The van der Waals surface area contributed by atoms with Gasteiger partial charge in [0.1, 0.15) is 5.75 Å². The van der Waals surface area contributed by atoms with Gasteiger partial charge in [-0.1, -0.05) is 31.0 Å². The number of nitrogens with one attached hydrogen (secondary N) is 2. The van der Waals surface area contributed by atoms with Gasteiger partial charge in [-0.05, 0) is 57.6 Å². The van der Waals surface area contributed by atoms with Crippen LogP contribution < -0.4 is 15.4 Å². The first-order valence-corrected chi connectivity index (χ1v) is 10.0. The third-order valence-electron chi connectivity index (χ3n) is 4.24. The maximum absolute atomic E-state index is 9.16. The molecule has 0 bridgehead atoms. The van der Waals surface area contributed by atoms with Crippen LogP contribution in [0.1, 0.15) is 51.5 Å². The Balaban J connectivity index is 0.00000676. The second-order valence-electron chi connectivity index (χ2n) is 6.68. The molecule has 0 aromatic heterocycles. The number of nitrogens with zero attached hydrogens (tertiary/aromatic N) is 1. The van der Waals surface area contributed by atoms with Gasteiger partial charge in [0.05, 0.1) is 6.61 Å². The van der Waals surface area contributed by atoms with Gasteiger partial charge in [0.25, 0.3) is 0 Å². The third-order valence-corrected chi connectivity index (χ3v) is 4.24. The van der Waals surface area contributed by atoms with Crippen LogP contribution in [0.3, 0.4) is 0 Å². The highest BCUT2D eigenvalue weighted by Gasteiger charge is 2.07. The standard InChI is InChI=1S/C21H37N3O2.HI/c1-4-8-19(13-15-25)17-24-21(22-5-2)23-14-6-7-16-26-20-11-9-18(3)10-12-20;/h9-12,19,25H,4-8,13-17H2,1-3H3,(H2,22,23,24);1H. The molecule has 0 aliphatic carbocycles. The van der Waals surface area contributed by atoms with E-state index in [0.29, 0.717) is 5.92 Å². The van der Waals surface area contributed by atoms with Gasteiger partial charge in [-0.25, -0.2) is 0 Å². The maximum Gasteiger partial charge on any atom is 0.191 e. The van der Waals surface area contributed by atoms with E-state index in [1.807, 2.05) is 12.1 Å². The number of guanidine groups is 1. The predicted molar refractivity (Wildman–Crippen MR) is 125 cm³/mol. The minimum Gasteiger partial charge on any atom is -0.494 e. The van der Waals surface area contributed by atoms with Crippen LogP contribution in [0.4, 0.5) is 0 Å². The van der Waals surface area contributed by atoms with Crippen molar-refractivity contribution in [1.29, 1.82) is 0 Å². The normalized spacial score (nSPS) is 12.2. The Morgan fingerprint density at radius 3 is 2.48 bits per heavy atom. The van der Waals surface area contributed by atoms with Gasteiger partial charge in [0.15, 0.2) is 5.96 Å². The highest BCUT2D eigenvalue weighted by Crippen LogP contribution is 2.12. The number of unbranched alkanes of at least 4 members (excludes halogenated alkanes) is 1. The molecule has 27 heavy (non-hydrogen) atoms. The van der Waals surface area contributed by atoms with E-state index in [1.54, 1.807) is 0 Å². The Bertz CT molecular complexity index is 489. The van der Waals surface area contributed by atoms with E-state index in [1.165, 1.54) is 5.56 Å². The Labute approximate surface area is 182 Å². The predicted octanol–water partition coefficient (Wildman–Crippen LogP) is 4.13. The minimum absolute atomic E-state index is 0. The zero-order valence-electron chi connectivity index (χ0n) is 17.2. The maximum atomic E-state index is 9.16. The average Bonchev–Trinajstić information content (AvgIpc) is 2.64. The van der Waals surface area contributed by atoms with Crippen LogP contribution in [-0.4, -0.2) is 43.9 Å². The summed E-state index contributed by atoms with van der Waals surface area (Å²) >= 11 is 0. The molecule has 1 unspecified atom stereocenters. The second kappa shape index (κ2) is 17.1. The van der Waals surface area contributed by atoms with Gasteiger partial charge in [0.2, 0.25) is 0 Å². The summed E-state index contributed by atoms with van der Waals surface area (Å²) in [5.74, 6) is 2.26. The van der Waals surface area contributed by atoms with E-state index >= 15 is 0 Å². The van der Waals surface area contributed by atoms with E-state index < -0.39 is 0 Å². The Kier molecular flexibility index (Phi) is 16.5. The zero-order chi connectivity index (χ0) is 19.0. The molecule has 3 N–H and O–H groups in total. The van der Waals surface area contributed by atoms with Crippen molar-refractivity contribution < 1.29 is 9.84 Å². The molecule has 1 rings (SSSR count). The molecule has 0 amide bonds. The summed E-state index contributed by atoms with van der Waals surface area (Å²) in [6, 6.07) is 8.17. The second-order valence-corrected chi connectivity index (χ2v) is 6.68. The quantitative estimate of drug-likeness (QED) is 0.168. The van der Waals surface area contributed by atoms with Crippen LogP contribution >= 0.6 is 24.0 Å². The van der Waals surface area contributed by atoms with Crippen LogP contribution in [0.2, 0.25) is 0 Å². The first kappa shape index (κ1) is 26.0. The molecule has 6 heteroatoms. The lowest BCUT2D eigenvalue weighted by molar-refractivity contribution is 0.253. The van der Waals surface area contributed by atoms with Crippen LogP contribution in [0.25, 0.3) is 0 Å². The molecule has 0 radical (unpaired) electrons. The SMILES string of the molecule is CCCC(CCO)CN=C(NCC)NCCCCOc1ccc(C)cc1.I. The van der Waals surface area contributed by atoms with Crippen molar-refractivity contribution in [2.45, 2.75) is 52.9 Å². The number of aliphatic hydroxyl groups excluding tert-OH is 1. The van der Waals surface area contributed by atoms with Gasteiger partial charge in [-0.3, -0.25) is 4.99 Å². The molecule has 0 saturated heterocycles. The Morgan fingerprint density at radius 1 is 1.11 bits per heavy atom. The number of aliphatic imine (C=N–C) groups is 1. The van der Waals surface area contributed by atoms with Crippen molar-refractivity contribution >= 4 is 29.9 Å². The van der Waals surface area contributed by atoms with E-state index in [2.05, 4.69) is 48.5 Å². The molecule has 0 spiro atoms. The molecule has 0 heterocycles. The molecule has 0 saturated carbocycles. The zero-order valence-corrected chi connectivity index (χ0v) is 19.5. The number of aliphatic hydroxyl groups is 1. The number of halogens is 1. The number of hydrogen-bond acceptors (Lipinski definition) is 3. The number of rotatable bonds is 13. The van der Waals surface area contributed by atoms with E-state index in [-0.39, 0.29) is 30.6 Å². The van der Waals surface area contributed by atoms with Gasteiger partial charge in [0, 0.05) is 26.2 Å². The fourth-order valence-electron chi connectivity index (χ4n) is 2.74. The van der Waals surface area contributed by atoms with Crippen LogP contribution in [0.15, 0.2) is 29.3 Å². The smallest absolute Gasteiger partial charge is 0.191 e. The van der Waals surface area contributed by atoms with Crippen molar-refractivity contribution in [1.82, 2.24) is 10.6 Å². The fraction of sp³-hybridized carbons (Fsp3) is 0.667. The summed E-state index contributed by atoms with van der Waals surface area (Å²) in [6.45, 7) is 9.79. The van der Waals surface area contributed by atoms with Gasteiger partial charge < -0.3 is 20.5 Å². The van der Waals surface area contributed by atoms with Gasteiger partial charge in [-0.2, -0.15) is 0 Å². The van der Waals surface area contributed by atoms with E-state index in [9.17, 15) is 0 Å². The van der Waals surface area contributed by atoms with Crippen molar-refractivity contribution in [2.24, 2.45) is 10.9 Å². The van der Waals surface area contributed by atoms with Crippen LogP contribution in [0.5, 0.6) is 5.75 Å². The van der Waals surface area contributed by atoms with Crippen LogP contribution in [-0.2, 0) is 0 Å². The fourth-order valence-corrected chi connectivity index (χ4v) is 2.74. The summed E-state index contributed by atoms with van der Waals surface area (Å²) < 4.78 is 5.75. The van der Waals surface area contributed by atoms with Crippen molar-refractivity contribution in [3.8, 4) is 5.75 Å². The molecular formula is C21H38IN3O2. The Morgan fingerprint density at radius 2 is 1.85 bits per heavy atom. The highest BCUT2D eigenvalue weighted by molar-refractivity contribution is 14.0. The number of ether oxygens (including phenoxy) is 1. The average molecular weight is 491 g/mol. The minimum atomic E-state index is 0. The highest BCUT2D eigenvalue weighted by atomic mass is 127. The summed E-state index contributed by atoms with van der Waals surface area (Å²) in [6.07, 6.45) is 5.10. The number of hydrogen-bond donors (Lipinski definition) is 3. The largest absolute Gasteiger partial charge is 0.494 e. The van der Waals surface area contributed by atoms with E-state index in [0.717, 1.165) is 70.1 Å². The summed E-state index contributed by atoms with van der Waals surface area (Å²) in [5.41, 5.74) is 1.25. The summed E-state index contributed by atoms with van der Waals surface area (Å²) in [7, 11) is 0. The molecule has 5 nitrogen and oxygen atoms in total. The summed E-state index contributed by atoms with van der Waals surface area (Å²) in [4.78, 5) is 4.68. The lowest BCUT2D eigenvalue weighted by Gasteiger charge is -2.15. The van der Waals surface area contributed by atoms with Gasteiger partial charge >= 0.3 is 0 Å². The first-order chi connectivity index (χ1) is 12.7. The topological polar surface area (TPSA) is 65.9 Å². The molecule has 1 atom stereocenters. The first-order valence-electron chi connectivity index (χ1n) is 10.0. The van der Waals surface area contributed by atoms with E-state index in [4.69, 9.17) is 9.84 Å². The molecule has 0 aliphatic rings. The monoisotopic (exact) mass is 491 g/mol. The summed E-state index contributed by atoms with van der Waals surface area (Å²) in [5, 5.41) is 15.8. The molecular weight excluding hydrogens is 453 g/mol. The molecule has 156 valence electrons. The molecule has 1 aromatic carbocycles. The van der Waals surface area contributed by atoms with Crippen molar-refractivity contribution in [2.75, 3.05) is 32.8 Å². The van der Waals surface area contributed by atoms with Gasteiger partial charge in [-0.15, -0.1) is 24.0 Å². The number of benzene rings is 1. The molecule has 0 fully saturated rings. The third kappa shape index (κ3) is 12.9. The van der Waals surface area contributed by atoms with Crippen LogP contribution in [0, 0.1) is 12.8 Å². The Hall–Kier alpha value is -1.02. The van der Waals surface area contributed by atoms with Crippen molar-refractivity contribution in [3.05, 3.63) is 29.8 Å². The number of aryl methyl sites for hydroxylation is 1. The lowest BCUT2D eigenvalue weighted by Crippen LogP contribution is -2.38. The lowest BCUT2D eigenvalue weighted by atomic mass is 10.0. The molecule has 0 aliphatic heterocycles. The van der Waals surface area contributed by atoms with Crippen molar-refractivity contribution in [3.63, 3.8) is 0 Å².